The molecule has 1 aliphatic rings. The molecule has 0 saturated carbocycles. The van der Waals surface area contributed by atoms with Crippen LogP contribution in [0.25, 0.3) is 5.78 Å². The highest BCUT2D eigenvalue weighted by atomic mass is 32.2. The molecular formula is C22H28N6OS. The smallest absolute Gasteiger partial charge is 0.254 e. The highest BCUT2D eigenvalue weighted by Crippen LogP contribution is 2.25. The van der Waals surface area contributed by atoms with Crippen molar-refractivity contribution in [3.05, 3.63) is 52.8 Å². The quantitative estimate of drug-likeness (QED) is 0.586. The van der Waals surface area contributed by atoms with E-state index in [0.29, 0.717) is 22.7 Å². The van der Waals surface area contributed by atoms with E-state index >= 15 is 0 Å². The molecule has 3 heterocycles. The van der Waals surface area contributed by atoms with Crippen molar-refractivity contribution >= 4 is 23.4 Å². The molecule has 0 N–H and O–H groups in total. The molecular weight excluding hydrogens is 396 g/mol. The Kier molecular flexibility index (Phi) is 6.06. The lowest BCUT2D eigenvalue weighted by Gasteiger charge is -2.35. The number of amides is 1. The Bertz CT molecular complexity index is 1060. The first-order chi connectivity index (χ1) is 14.4. The van der Waals surface area contributed by atoms with Crippen molar-refractivity contribution in [2.24, 2.45) is 0 Å². The highest BCUT2D eigenvalue weighted by molar-refractivity contribution is 7.98. The average molecular weight is 425 g/mol. The average Bonchev–Trinajstić information content (AvgIpc) is 3.15. The van der Waals surface area contributed by atoms with E-state index in [9.17, 15) is 4.79 Å². The van der Waals surface area contributed by atoms with Gasteiger partial charge < -0.3 is 9.80 Å². The number of hydrogen-bond donors (Lipinski definition) is 0. The van der Waals surface area contributed by atoms with E-state index in [4.69, 9.17) is 0 Å². The van der Waals surface area contributed by atoms with Crippen molar-refractivity contribution < 1.29 is 4.79 Å². The third-order valence-electron chi connectivity index (χ3n) is 5.76. The van der Waals surface area contributed by atoms with Gasteiger partial charge in [0.15, 0.2) is 0 Å². The van der Waals surface area contributed by atoms with Crippen LogP contribution in [0.15, 0.2) is 35.5 Å². The Balaban J connectivity index is 1.49. The summed E-state index contributed by atoms with van der Waals surface area (Å²) >= 11 is 1.53. The van der Waals surface area contributed by atoms with E-state index in [2.05, 4.69) is 27.0 Å². The Hall–Kier alpha value is -2.45. The maximum Gasteiger partial charge on any atom is 0.254 e. The first-order valence-electron chi connectivity index (χ1n) is 10.3. The fraction of sp³-hybridized carbons (Fsp3) is 0.455. The summed E-state index contributed by atoms with van der Waals surface area (Å²) in [4.78, 5) is 26.5. The summed E-state index contributed by atoms with van der Waals surface area (Å²) in [7, 11) is 4.07. The first-order valence-corrected chi connectivity index (χ1v) is 11.3. The first kappa shape index (κ1) is 20.8. The van der Waals surface area contributed by atoms with Gasteiger partial charge in [-0.2, -0.15) is 4.98 Å². The Morgan fingerprint density at radius 2 is 1.93 bits per heavy atom. The number of benzene rings is 1. The van der Waals surface area contributed by atoms with Crippen LogP contribution in [0.3, 0.4) is 0 Å². The SMILES string of the molecule is Cc1cc(C)n2nc(SCc3ccccc3C(=O)N(C)C3CCN(C)CC3)nc2n1. The molecule has 4 rings (SSSR count). The van der Waals surface area contributed by atoms with Crippen LogP contribution in [0.1, 0.15) is 40.2 Å². The minimum absolute atomic E-state index is 0.0943. The number of hydrogen-bond acceptors (Lipinski definition) is 6. The Morgan fingerprint density at radius 1 is 1.20 bits per heavy atom. The molecule has 3 aromatic rings. The molecule has 1 aromatic carbocycles. The molecule has 1 amide bonds. The van der Waals surface area contributed by atoms with Crippen molar-refractivity contribution in [3.63, 3.8) is 0 Å². The van der Waals surface area contributed by atoms with E-state index in [1.807, 2.05) is 56.1 Å². The summed E-state index contributed by atoms with van der Waals surface area (Å²) < 4.78 is 1.76. The van der Waals surface area contributed by atoms with Gasteiger partial charge in [0, 0.05) is 35.8 Å². The van der Waals surface area contributed by atoms with Crippen LogP contribution in [0.2, 0.25) is 0 Å². The van der Waals surface area contributed by atoms with Gasteiger partial charge in [-0.3, -0.25) is 4.79 Å². The van der Waals surface area contributed by atoms with Gasteiger partial charge in [-0.05, 0) is 64.5 Å². The molecule has 158 valence electrons. The number of likely N-dealkylation sites (tertiary alicyclic amines) is 1. The molecule has 0 spiro atoms. The highest BCUT2D eigenvalue weighted by Gasteiger charge is 2.26. The van der Waals surface area contributed by atoms with Crippen LogP contribution >= 0.6 is 11.8 Å². The molecule has 7 nitrogen and oxygen atoms in total. The molecule has 1 aliphatic heterocycles. The third kappa shape index (κ3) is 4.34. The van der Waals surface area contributed by atoms with Crippen LogP contribution in [0, 0.1) is 13.8 Å². The van der Waals surface area contributed by atoms with Gasteiger partial charge in [0.2, 0.25) is 5.16 Å². The molecule has 1 saturated heterocycles. The zero-order chi connectivity index (χ0) is 21.3. The topological polar surface area (TPSA) is 66.6 Å². The maximum atomic E-state index is 13.2. The normalized spacial score (nSPS) is 15.6. The van der Waals surface area contributed by atoms with Gasteiger partial charge in [-0.15, -0.1) is 5.10 Å². The number of aryl methyl sites for hydroxylation is 2. The molecule has 2 aromatic heterocycles. The fourth-order valence-electron chi connectivity index (χ4n) is 3.94. The lowest BCUT2D eigenvalue weighted by atomic mass is 10.0. The Morgan fingerprint density at radius 3 is 2.70 bits per heavy atom. The third-order valence-corrected chi connectivity index (χ3v) is 6.65. The second-order valence-corrected chi connectivity index (χ2v) is 8.98. The van der Waals surface area contributed by atoms with Crippen LogP contribution in [-0.4, -0.2) is 68.5 Å². The number of fused-ring (bicyclic) bond motifs is 1. The van der Waals surface area contributed by atoms with Gasteiger partial charge in [-0.1, -0.05) is 30.0 Å². The van der Waals surface area contributed by atoms with E-state index in [1.54, 1.807) is 4.52 Å². The molecule has 0 bridgehead atoms. The molecule has 8 heteroatoms. The summed E-state index contributed by atoms with van der Waals surface area (Å²) in [6, 6.07) is 10.1. The largest absolute Gasteiger partial charge is 0.339 e. The fourth-order valence-corrected chi connectivity index (χ4v) is 4.77. The van der Waals surface area contributed by atoms with E-state index in [1.165, 1.54) is 11.8 Å². The van der Waals surface area contributed by atoms with Crippen molar-refractivity contribution in [2.75, 3.05) is 27.2 Å². The Labute approximate surface area is 181 Å². The summed E-state index contributed by atoms with van der Waals surface area (Å²) in [5.41, 5.74) is 3.70. The summed E-state index contributed by atoms with van der Waals surface area (Å²) in [5.74, 6) is 1.34. The minimum atomic E-state index is 0.0943. The molecule has 30 heavy (non-hydrogen) atoms. The van der Waals surface area contributed by atoms with Crippen LogP contribution in [0.5, 0.6) is 0 Å². The predicted molar refractivity (Wildman–Crippen MR) is 119 cm³/mol. The van der Waals surface area contributed by atoms with Crippen LogP contribution in [-0.2, 0) is 5.75 Å². The van der Waals surface area contributed by atoms with Crippen molar-refractivity contribution in [1.29, 1.82) is 0 Å². The summed E-state index contributed by atoms with van der Waals surface area (Å²) in [6.45, 7) is 6.02. The molecule has 0 aliphatic carbocycles. The van der Waals surface area contributed by atoms with Gasteiger partial charge in [-0.25, -0.2) is 9.50 Å². The lowest BCUT2D eigenvalue weighted by molar-refractivity contribution is 0.0659. The van der Waals surface area contributed by atoms with Gasteiger partial charge in [0.1, 0.15) is 0 Å². The summed E-state index contributed by atoms with van der Waals surface area (Å²) in [6.07, 6.45) is 2.04. The summed E-state index contributed by atoms with van der Waals surface area (Å²) in [5, 5.41) is 5.23. The number of carbonyl (C=O) groups is 1. The lowest BCUT2D eigenvalue weighted by Crippen LogP contribution is -2.44. The predicted octanol–water partition coefficient (Wildman–Crippen LogP) is 3.20. The number of nitrogens with zero attached hydrogens (tertiary/aromatic N) is 6. The van der Waals surface area contributed by atoms with E-state index in [-0.39, 0.29) is 5.91 Å². The molecule has 1 fully saturated rings. The van der Waals surface area contributed by atoms with E-state index in [0.717, 1.165) is 48.4 Å². The number of carbonyl (C=O) groups excluding carboxylic acids is 1. The number of aromatic nitrogens is 4. The van der Waals surface area contributed by atoms with Gasteiger partial charge in [0.25, 0.3) is 11.7 Å². The van der Waals surface area contributed by atoms with Crippen LogP contribution < -0.4 is 0 Å². The molecule has 0 radical (unpaired) electrons. The molecule has 0 unspecified atom stereocenters. The second kappa shape index (κ2) is 8.73. The standard InChI is InChI=1S/C22H28N6OS/c1-15-13-16(2)28-21(23-15)24-22(25-28)30-14-17-7-5-6-8-19(17)20(29)27(4)18-9-11-26(3)12-10-18/h5-8,13,18H,9-12,14H2,1-4H3. The minimum Gasteiger partial charge on any atom is -0.339 e. The van der Waals surface area contributed by atoms with Crippen molar-refractivity contribution in [1.82, 2.24) is 29.4 Å². The maximum absolute atomic E-state index is 13.2. The number of rotatable bonds is 5. The molecule has 0 atom stereocenters. The zero-order valence-electron chi connectivity index (χ0n) is 18.0. The zero-order valence-corrected chi connectivity index (χ0v) is 18.8. The van der Waals surface area contributed by atoms with Gasteiger partial charge in [0.05, 0.1) is 0 Å². The number of piperidine rings is 1. The van der Waals surface area contributed by atoms with Crippen molar-refractivity contribution in [2.45, 2.75) is 43.6 Å². The number of thioether (sulfide) groups is 1. The second-order valence-electron chi connectivity index (χ2n) is 8.04. The van der Waals surface area contributed by atoms with Crippen LogP contribution in [0.4, 0.5) is 0 Å². The van der Waals surface area contributed by atoms with Gasteiger partial charge >= 0.3 is 0 Å². The van der Waals surface area contributed by atoms with E-state index < -0.39 is 0 Å². The monoisotopic (exact) mass is 424 g/mol. The van der Waals surface area contributed by atoms with Crippen molar-refractivity contribution in [3.8, 4) is 0 Å².